The number of fused-ring (bicyclic) bond motifs is 1. The second-order valence-electron chi connectivity index (χ2n) is 7.69. The monoisotopic (exact) mass is 460 g/mol. The van der Waals surface area contributed by atoms with Crippen LogP contribution in [-0.2, 0) is 16.1 Å². The molecule has 4 N–H and O–H groups in total. The lowest BCUT2D eigenvalue weighted by molar-refractivity contribution is -0.110. The summed E-state index contributed by atoms with van der Waals surface area (Å²) in [5.41, 5.74) is 5.19. The van der Waals surface area contributed by atoms with E-state index in [0.29, 0.717) is 28.2 Å². The van der Waals surface area contributed by atoms with Crippen molar-refractivity contribution < 1.29 is 18.7 Å². The number of anilines is 3. The van der Waals surface area contributed by atoms with Crippen LogP contribution in [0.5, 0.6) is 0 Å². The smallest absolute Gasteiger partial charge is 0.411 e. The minimum absolute atomic E-state index is 0.330. The van der Waals surface area contributed by atoms with Gasteiger partial charge in [0.05, 0.1) is 24.1 Å². The number of carbonyl (C=O) groups is 2. The van der Waals surface area contributed by atoms with Gasteiger partial charge in [-0.1, -0.05) is 31.2 Å². The number of hydrogen-bond donors (Lipinski definition) is 4. The Kier molecular flexibility index (Phi) is 6.89. The summed E-state index contributed by atoms with van der Waals surface area (Å²) in [4.78, 5) is 24.5. The van der Waals surface area contributed by atoms with E-state index in [4.69, 9.17) is 0 Å². The molecule has 174 valence electrons. The van der Waals surface area contributed by atoms with Gasteiger partial charge < -0.3 is 20.7 Å². The summed E-state index contributed by atoms with van der Waals surface area (Å²) in [6, 6.07) is 19.1. The lowest BCUT2D eigenvalue weighted by Crippen LogP contribution is -2.12. The molecule has 0 aromatic heterocycles. The average Bonchev–Trinajstić information content (AvgIpc) is 3.17. The van der Waals surface area contributed by atoms with Gasteiger partial charge in [-0.05, 0) is 60.1 Å². The van der Waals surface area contributed by atoms with Crippen molar-refractivity contribution in [3.8, 4) is 0 Å². The first-order chi connectivity index (χ1) is 16.5. The molecular formula is C26H25FN4O3. The number of rotatable bonds is 7. The van der Waals surface area contributed by atoms with Gasteiger partial charge in [0, 0.05) is 23.5 Å². The van der Waals surface area contributed by atoms with Crippen LogP contribution in [0.3, 0.4) is 0 Å². The summed E-state index contributed by atoms with van der Waals surface area (Å²) in [5, 5.41) is 12.0. The van der Waals surface area contributed by atoms with Gasteiger partial charge in [-0.3, -0.25) is 10.1 Å². The van der Waals surface area contributed by atoms with Crippen LogP contribution in [0.15, 0.2) is 66.7 Å². The van der Waals surface area contributed by atoms with Crippen molar-refractivity contribution in [2.75, 3.05) is 29.6 Å². The highest BCUT2D eigenvalue weighted by Gasteiger charge is 2.28. The molecule has 1 heterocycles. The van der Waals surface area contributed by atoms with E-state index in [2.05, 4.69) is 32.9 Å². The third kappa shape index (κ3) is 5.07. The van der Waals surface area contributed by atoms with E-state index in [9.17, 15) is 14.0 Å². The zero-order valence-corrected chi connectivity index (χ0v) is 18.9. The maximum Gasteiger partial charge on any atom is 0.411 e. The number of hydrogen-bond acceptors (Lipinski definition) is 5. The molecule has 1 aliphatic heterocycles. The van der Waals surface area contributed by atoms with E-state index in [1.165, 1.54) is 19.2 Å². The summed E-state index contributed by atoms with van der Waals surface area (Å²) < 4.78 is 18.4. The molecule has 3 aromatic carbocycles. The fourth-order valence-corrected chi connectivity index (χ4v) is 3.68. The van der Waals surface area contributed by atoms with Crippen LogP contribution in [0.1, 0.15) is 23.6 Å². The lowest BCUT2D eigenvalue weighted by Gasteiger charge is -2.16. The van der Waals surface area contributed by atoms with Crippen molar-refractivity contribution in [3.63, 3.8) is 0 Å². The Balaban J connectivity index is 1.74. The van der Waals surface area contributed by atoms with Crippen LogP contribution in [0, 0.1) is 5.82 Å². The van der Waals surface area contributed by atoms with Gasteiger partial charge in [-0.25, -0.2) is 9.18 Å². The largest absolute Gasteiger partial charge is 0.453 e. The van der Waals surface area contributed by atoms with Crippen molar-refractivity contribution in [2.45, 2.75) is 13.5 Å². The first-order valence-corrected chi connectivity index (χ1v) is 10.9. The van der Waals surface area contributed by atoms with Crippen LogP contribution in [0.4, 0.5) is 26.2 Å². The normalized spacial score (nSPS) is 13.7. The van der Waals surface area contributed by atoms with Crippen LogP contribution >= 0.6 is 0 Å². The van der Waals surface area contributed by atoms with Crippen molar-refractivity contribution in [1.29, 1.82) is 0 Å². The van der Waals surface area contributed by atoms with Crippen molar-refractivity contribution in [2.24, 2.45) is 0 Å². The van der Waals surface area contributed by atoms with Gasteiger partial charge in [-0.15, -0.1) is 0 Å². The summed E-state index contributed by atoms with van der Waals surface area (Å²) in [6.07, 6.45) is -0.576. The van der Waals surface area contributed by atoms with Gasteiger partial charge in [0.1, 0.15) is 5.82 Å². The number of halogens is 1. The molecule has 8 heteroatoms. The molecule has 0 fully saturated rings. The predicted octanol–water partition coefficient (Wildman–Crippen LogP) is 5.05. The standard InChI is InChI=1S/C26H25FN4O3/c1-3-28-15-16-4-9-19(10-5-16)29-24(17-6-11-20(12-7-17)30-26(33)34-2)23-21-13-8-18(27)14-22(21)31-25(23)32/h4-14,28-29H,3,15H2,1-2H3,(H,30,33)(H,31,32). The molecule has 0 spiro atoms. The Morgan fingerprint density at radius 2 is 1.65 bits per heavy atom. The molecule has 0 atom stereocenters. The average molecular weight is 461 g/mol. The first-order valence-electron chi connectivity index (χ1n) is 10.9. The zero-order chi connectivity index (χ0) is 24.1. The SMILES string of the molecule is CCNCc1ccc(NC(=C2C(=O)Nc3cc(F)ccc32)c2ccc(NC(=O)OC)cc2)cc1. The van der Waals surface area contributed by atoms with Crippen molar-refractivity contribution >= 4 is 40.3 Å². The van der Waals surface area contributed by atoms with Crippen LogP contribution in [-0.4, -0.2) is 25.7 Å². The Morgan fingerprint density at radius 1 is 0.971 bits per heavy atom. The van der Waals surface area contributed by atoms with E-state index in [-0.39, 0.29) is 5.91 Å². The quantitative estimate of drug-likeness (QED) is 0.371. The third-order valence-corrected chi connectivity index (χ3v) is 5.38. The number of ether oxygens (including phenoxy) is 1. The highest BCUT2D eigenvalue weighted by Crippen LogP contribution is 2.38. The van der Waals surface area contributed by atoms with Gasteiger partial charge in [0.25, 0.3) is 5.91 Å². The molecule has 34 heavy (non-hydrogen) atoms. The molecule has 0 radical (unpaired) electrons. The fourth-order valence-electron chi connectivity index (χ4n) is 3.68. The van der Waals surface area contributed by atoms with Crippen molar-refractivity contribution in [1.82, 2.24) is 5.32 Å². The molecular weight excluding hydrogens is 435 g/mol. The Bertz CT molecular complexity index is 1240. The van der Waals surface area contributed by atoms with Crippen LogP contribution in [0.25, 0.3) is 11.3 Å². The molecule has 0 saturated carbocycles. The molecule has 3 aromatic rings. The predicted molar refractivity (Wildman–Crippen MR) is 132 cm³/mol. The van der Waals surface area contributed by atoms with Crippen LogP contribution < -0.4 is 21.3 Å². The van der Waals surface area contributed by atoms with Gasteiger partial charge in [0.2, 0.25) is 0 Å². The molecule has 0 aliphatic carbocycles. The second kappa shape index (κ2) is 10.2. The summed E-state index contributed by atoms with van der Waals surface area (Å²) in [6.45, 7) is 3.70. The fraction of sp³-hybridized carbons (Fsp3) is 0.154. The Hall–Kier alpha value is -4.17. The van der Waals surface area contributed by atoms with Gasteiger partial charge in [-0.2, -0.15) is 0 Å². The molecule has 0 saturated heterocycles. The molecule has 0 bridgehead atoms. The van der Waals surface area contributed by atoms with Gasteiger partial charge >= 0.3 is 6.09 Å². The third-order valence-electron chi connectivity index (χ3n) is 5.38. The van der Waals surface area contributed by atoms with Crippen LogP contribution in [0.2, 0.25) is 0 Å². The van der Waals surface area contributed by atoms with E-state index >= 15 is 0 Å². The summed E-state index contributed by atoms with van der Waals surface area (Å²) in [5.74, 6) is -0.757. The molecule has 1 aliphatic rings. The molecule has 0 unspecified atom stereocenters. The van der Waals surface area contributed by atoms with Gasteiger partial charge in [0.15, 0.2) is 0 Å². The van der Waals surface area contributed by atoms with E-state index in [1.54, 1.807) is 30.3 Å². The molecule has 4 rings (SSSR count). The number of benzene rings is 3. The van der Waals surface area contributed by atoms with E-state index in [0.717, 1.165) is 29.9 Å². The zero-order valence-electron chi connectivity index (χ0n) is 18.9. The van der Waals surface area contributed by atoms with Crippen molar-refractivity contribution in [3.05, 3.63) is 89.2 Å². The van der Waals surface area contributed by atoms with E-state index < -0.39 is 11.9 Å². The summed E-state index contributed by atoms with van der Waals surface area (Å²) in [7, 11) is 1.29. The Morgan fingerprint density at radius 3 is 2.32 bits per heavy atom. The molecule has 2 amide bonds. The highest BCUT2D eigenvalue weighted by atomic mass is 19.1. The summed E-state index contributed by atoms with van der Waals surface area (Å²) >= 11 is 0. The number of carbonyl (C=O) groups excluding carboxylic acids is 2. The van der Waals surface area contributed by atoms with E-state index in [1.807, 2.05) is 24.3 Å². The topological polar surface area (TPSA) is 91.5 Å². The Labute approximate surface area is 197 Å². The lowest BCUT2D eigenvalue weighted by atomic mass is 9.99. The maximum absolute atomic E-state index is 13.8. The number of methoxy groups -OCH3 is 1. The minimum Gasteiger partial charge on any atom is -0.453 e. The maximum atomic E-state index is 13.8. The number of nitrogens with one attached hydrogen (secondary N) is 4. The number of amides is 2. The minimum atomic E-state index is -0.576. The molecule has 7 nitrogen and oxygen atoms in total. The second-order valence-corrected chi connectivity index (χ2v) is 7.69. The first kappa shape index (κ1) is 23.0. The highest BCUT2D eigenvalue weighted by molar-refractivity contribution is 6.37.